The second kappa shape index (κ2) is 4.45. The highest BCUT2D eigenvalue weighted by Gasteiger charge is 2.15. The SMILES string of the molecule is CC(=O)NC1=C(C(C)C)CCCC1. The van der Waals surface area contributed by atoms with Crippen molar-refractivity contribution in [3.8, 4) is 0 Å². The minimum absolute atomic E-state index is 0.0649. The Morgan fingerprint density at radius 1 is 1.31 bits per heavy atom. The molecule has 2 nitrogen and oxygen atoms in total. The van der Waals surface area contributed by atoms with Crippen molar-refractivity contribution in [2.75, 3.05) is 0 Å². The van der Waals surface area contributed by atoms with Crippen LogP contribution in [-0.2, 0) is 4.79 Å². The molecule has 0 heterocycles. The quantitative estimate of drug-likeness (QED) is 0.697. The fourth-order valence-corrected chi connectivity index (χ4v) is 1.92. The molecule has 1 rings (SSSR count). The van der Waals surface area contributed by atoms with Crippen LogP contribution in [0.15, 0.2) is 11.3 Å². The first-order valence-corrected chi connectivity index (χ1v) is 5.10. The third-order valence-corrected chi connectivity index (χ3v) is 2.53. The maximum Gasteiger partial charge on any atom is 0.220 e. The molecule has 0 bridgehead atoms. The molecule has 2 heteroatoms. The molecule has 1 amide bonds. The van der Waals surface area contributed by atoms with Crippen LogP contribution in [0.5, 0.6) is 0 Å². The van der Waals surface area contributed by atoms with E-state index in [9.17, 15) is 4.79 Å². The molecule has 0 atom stereocenters. The van der Waals surface area contributed by atoms with E-state index >= 15 is 0 Å². The number of nitrogens with one attached hydrogen (secondary N) is 1. The van der Waals surface area contributed by atoms with Crippen LogP contribution in [0.2, 0.25) is 0 Å². The second-order valence-corrected chi connectivity index (χ2v) is 4.05. The summed E-state index contributed by atoms with van der Waals surface area (Å²) in [6, 6.07) is 0. The first-order chi connectivity index (χ1) is 6.11. The molecule has 0 fully saturated rings. The largest absolute Gasteiger partial charge is 0.330 e. The fourth-order valence-electron chi connectivity index (χ4n) is 1.92. The monoisotopic (exact) mass is 181 g/mol. The molecule has 13 heavy (non-hydrogen) atoms. The number of hydrogen-bond donors (Lipinski definition) is 1. The molecule has 0 radical (unpaired) electrons. The highest BCUT2D eigenvalue weighted by atomic mass is 16.1. The Bertz CT molecular complexity index is 228. The molecule has 0 spiro atoms. The van der Waals surface area contributed by atoms with Gasteiger partial charge in [-0.05, 0) is 37.2 Å². The lowest BCUT2D eigenvalue weighted by Gasteiger charge is -2.23. The maximum atomic E-state index is 10.9. The van der Waals surface area contributed by atoms with Crippen molar-refractivity contribution in [2.45, 2.75) is 46.5 Å². The Morgan fingerprint density at radius 3 is 2.46 bits per heavy atom. The Hall–Kier alpha value is -0.790. The van der Waals surface area contributed by atoms with Gasteiger partial charge in [0.15, 0.2) is 0 Å². The number of carbonyl (C=O) groups is 1. The topological polar surface area (TPSA) is 29.1 Å². The van der Waals surface area contributed by atoms with Gasteiger partial charge in [0.25, 0.3) is 0 Å². The van der Waals surface area contributed by atoms with E-state index in [0.717, 1.165) is 12.8 Å². The van der Waals surface area contributed by atoms with E-state index in [1.165, 1.54) is 24.1 Å². The van der Waals surface area contributed by atoms with Gasteiger partial charge in [0.1, 0.15) is 0 Å². The zero-order valence-electron chi connectivity index (χ0n) is 8.81. The fraction of sp³-hybridized carbons (Fsp3) is 0.727. The summed E-state index contributed by atoms with van der Waals surface area (Å²) in [4.78, 5) is 10.9. The second-order valence-electron chi connectivity index (χ2n) is 4.05. The van der Waals surface area contributed by atoms with Gasteiger partial charge in [-0.1, -0.05) is 13.8 Å². The summed E-state index contributed by atoms with van der Waals surface area (Å²) in [5.74, 6) is 0.636. The van der Waals surface area contributed by atoms with Crippen LogP contribution in [0.4, 0.5) is 0 Å². The third-order valence-electron chi connectivity index (χ3n) is 2.53. The Labute approximate surface area is 80.4 Å². The van der Waals surface area contributed by atoms with E-state index in [4.69, 9.17) is 0 Å². The zero-order valence-corrected chi connectivity index (χ0v) is 8.81. The average Bonchev–Trinajstić information content (AvgIpc) is 2.03. The molecule has 1 N–H and O–H groups in total. The smallest absolute Gasteiger partial charge is 0.220 e. The Morgan fingerprint density at radius 2 is 1.92 bits per heavy atom. The number of allylic oxidation sites excluding steroid dienone is 2. The summed E-state index contributed by atoms with van der Waals surface area (Å²) in [7, 11) is 0. The van der Waals surface area contributed by atoms with E-state index in [2.05, 4.69) is 19.2 Å². The van der Waals surface area contributed by atoms with E-state index in [1.54, 1.807) is 6.92 Å². The summed E-state index contributed by atoms with van der Waals surface area (Å²) in [6.45, 7) is 5.98. The molecular weight excluding hydrogens is 162 g/mol. The molecular formula is C11H19NO. The van der Waals surface area contributed by atoms with Crippen molar-refractivity contribution in [2.24, 2.45) is 5.92 Å². The van der Waals surface area contributed by atoms with Crippen LogP contribution in [0, 0.1) is 5.92 Å². The minimum Gasteiger partial charge on any atom is -0.330 e. The number of carbonyl (C=O) groups excluding carboxylic acids is 1. The van der Waals surface area contributed by atoms with Crippen molar-refractivity contribution >= 4 is 5.91 Å². The molecule has 0 saturated heterocycles. The number of rotatable bonds is 2. The minimum atomic E-state index is 0.0649. The summed E-state index contributed by atoms with van der Waals surface area (Å²) in [6.07, 6.45) is 4.70. The van der Waals surface area contributed by atoms with E-state index in [1.807, 2.05) is 0 Å². The van der Waals surface area contributed by atoms with E-state index < -0.39 is 0 Å². The lowest BCUT2D eigenvalue weighted by Crippen LogP contribution is -2.23. The molecule has 0 unspecified atom stereocenters. The first kappa shape index (κ1) is 10.3. The Balaban J connectivity index is 2.77. The number of amides is 1. The molecule has 0 aliphatic heterocycles. The molecule has 74 valence electrons. The van der Waals surface area contributed by atoms with Gasteiger partial charge in [-0.2, -0.15) is 0 Å². The molecule has 1 aliphatic carbocycles. The summed E-state index contributed by atoms with van der Waals surface area (Å²) in [5, 5.41) is 2.95. The molecule has 1 aliphatic rings. The first-order valence-electron chi connectivity index (χ1n) is 5.10. The predicted octanol–water partition coefficient (Wildman–Crippen LogP) is 2.61. The lowest BCUT2D eigenvalue weighted by atomic mass is 9.89. The van der Waals surface area contributed by atoms with Gasteiger partial charge in [-0.25, -0.2) is 0 Å². The van der Waals surface area contributed by atoms with Crippen LogP contribution < -0.4 is 5.32 Å². The van der Waals surface area contributed by atoms with Crippen LogP contribution >= 0.6 is 0 Å². The summed E-state index contributed by atoms with van der Waals surface area (Å²) in [5.41, 5.74) is 2.63. The highest BCUT2D eigenvalue weighted by Crippen LogP contribution is 2.28. The van der Waals surface area contributed by atoms with Crippen LogP contribution in [0.25, 0.3) is 0 Å². The van der Waals surface area contributed by atoms with Gasteiger partial charge >= 0.3 is 0 Å². The predicted molar refractivity (Wildman–Crippen MR) is 54.1 cm³/mol. The van der Waals surface area contributed by atoms with Crippen LogP contribution in [0.3, 0.4) is 0 Å². The van der Waals surface area contributed by atoms with E-state index in [0.29, 0.717) is 5.92 Å². The van der Waals surface area contributed by atoms with Gasteiger partial charge in [0.05, 0.1) is 0 Å². The molecule has 0 aromatic heterocycles. The van der Waals surface area contributed by atoms with Gasteiger partial charge < -0.3 is 5.32 Å². The van der Waals surface area contributed by atoms with Gasteiger partial charge in [-0.15, -0.1) is 0 Å². The van der Waals surface area contributed by atoms with E-state index in [-0.39, 0.29) is 5.91 Å². The molecule has 0 aromatic rings. The standard InChI is InChI=1S/C11H19NO/c1-8(2)10-6-4-5-7-11(10)12-9(3)13/h8H,4-7H2,1-3H3,(H,12,13). The number of hydrogen-bond acceptors (Lipinski definition) is 1. The van der Waals surface area contributed by atoms with Crippen molar-refractivity contribution in [3.63, 3.8) is 0 Å². The lowest BCUT2D eigenvalue weighted by molar-refractivity contribution is -0.118. The van der Waals surface area contributed by atoms with Crippen molar-refractivity contribution in [1.29, 1.82) is 0 Å². The maximum absolute atomic E-state index is 10.9. The third kappa shape index (κ3) is 2.87. The van der Waals surface area contributed by atoms with Crippen molar-refractivity contribution < 1.29 is 4.79 Å². The summed E-state index contributed by atoms with van der Waals surface area (Å²) >= 11 is 0. The summed E-state index contributed by atoms with van der Waals surface area (Å²) < 4.78 is 0. The van der Waals surface area contributed by atoms with Gasteiger partial charge in [0.2, 0.25) is 5.91 Å². The van der Waals surface area contributed by atoms with Crippen molar-refractivity contribution in [1.82, 2.24) is 5.32 Å². The average molecular weight is 181 g/mol. The van der Waals surface area contributed by atoms with Gasteiger partial charge in [-0.3, -0.25) is 4.79 Å². The molecule has 0 aromatic carbocycles. The van der Waals surface area contributed by atoms with Crippen molar-refractivity contribution in [3.05, 3.63) is 11.3 Å². The highest BCUT2D eigenvalue weighted by molar-refractivity contribution is 5.75. The van der Waals surface area contributed by atoms with Gasteiger partial charge in [0, 0.05) is 12.6 Å². The van der Waals surface area contributed by atoms with Crippen LogP contribution in [-0.4, -0.2) is 5.91 Å². The normalized spacial score (nSPS) is 17.8. The Kier molecular flexibility index (Phi) is 3.52. The van der Waals surface area contributed by atoms with Crippen LogP contribution in [0.1, 0.15) is 46.5 Å². The zero-order chi connectivity index (χ0) is 9.84. The molecule has 0 saturated carbocycles.